The first-order valence-corrected chi connectivity index (χ1v) is 9.41. The minimum absolute atomic E-state index is 0. The Bertz CT molecular complexity index is 1380. The van der Waals surface area contributed by atoms with Crippen LogP contribution in [0, 0.1) is 0 Å². The van der Waals surface area contributed by atoms with Crippen LogP contribution < -0.4 is 5.43 Å². The van der Waals surface area contributed by atoms with E-state index in [-0.39, 0.29) is 12.9 Å². The monoisotopic (exact) mass is 409 g/mol. The minimum Gasteiger partial charge on any atom is -0.346 e. The van der Waals surface area contributed by atoms with Crippen LogP contribution in [0.25, 0.3) is 43.8 Å². The molecule has 0 fully saturated rings. The topological polar surface area (TPSA) is 76.5 Å². The summed E-state index contributed by atoms with van der Waals surface area (Å²) in [6.45, 7) is 0. The van der Waals surface area contributed by atoms with Crippen LogP contribution >= 0.6 is 22.9 Å². The van der Waals surface area contributed by atoms with E-state index < -0.39 is 0 Å². The van der Waals surface area contributed by atoms with Crippen molar-refractivity contribution >= 4 is 44.2 Å². The Balaban J connectivity index is 0.00000192. The van der Waals surface area contributed by atoms with E-state index in [0.717, 1.165) is 27.0 Å². The van der Waals surface area contributed by atoms with Gasteiger partial charge in [-0.25, -0.2) is 9.97 Å². The molecule has 0 aliphatic heterocycles. The van der Waals surface area contributed by atoms with Crippen LogP contribution in [0.2, 0.25) is 5.02 Å². The first-order chi connectivity index (χ1) is 13.1. The molecule has 5 aromatic rings. The third-order valence-electron chi connectivity index (χ3n) is 4.40. The molecule has 0 aliphatic rings. The molecule has 28 heavy (non-hydrogen) atoms. The molecule has 0 radical (unpaired) electrons. The van der Waals surface area contributed by atoms with Crippen LogP contribution in [-0.4, -0.2) is 24.7 Å². The molecule has 0 amide bonds. The van der Waals surface area contributed by atoms with Gasteiger partial charge in [0.1, 0.15) is 17.0 Å². The second-order valence-electron chi connectivity index (χ2n) is 6.15. The lowest BCUT2D eigenvalue weighted by Crippen LogP contribution is -2.03. The second-order valence-corrected chi connectivity index (χ2v) is 7.45. The lowest BCUT2D eigenvalue weighted by molar-refractivity contribution is 0.770. The number of aromatic amines is 1. The first-order valence-electron chi connectivity index (χ1n) is 8.16. The zero-order valence-electron chi connectivity index (χ0n) is 14.1. The summed E-state index contributed by atoms with van der Waals surface area (Å²) >= 11 is 7.96. The third-order valence-corrected chi connectivity index (χ3v) is 5.46. The number of hydrogen-bond acceptors (Lipinski definition) is 5. The first kappa shape index (κ1) is 18.3. The smallest absolute Gasteiger partial charge is 0.191 e. The fourth-order valence-electron chi connectivity index (χ4n) is 3.13. The van der Waals surface area contributed by atoms with E-state index in [1.165, 1.54) is 17.4 Å². The van der Waals surface area contributed by atoms with E-state index in [0.29, 0.717) is 21.7 Å². The Morgan fingerprint density at radius 3 is 2.86 bits per heavy atom. The van der Waals surface area contributed by atoms with Crippen LogP contribution in [0.5, 0.6) is 0 Å². The number of aryl methyl sites for hydroxylation is 1. The van der Waals surface area contributed by atoms with Crippen LogP contribution in [0.15, 0.2) is 53.0 Å². The van der Waals surface area contributed by atoms with Crippen molar-refractivity contribution < 1.29 is 0 Å². The van der Waals surface area contributed by atoms with E-state index >= 15 is 0 Å². The second kappa shape index (κ2) is 6.85. The normalized spacial score (nSPS) is 11.1. The van der Waals surface area contributed by atoms with Gasteiger partial charge in [-0.15, -0.1) is 11.3 Å². The number of thiazole rings is 1. The molecule has 0 saturated heterocycles. The SMILES string of the molecule is C.Cn1ccc(-c2nc3[nH]ccc(=O)c3cc2-c2cc(Cl)c3ncsc3c2)n1. The van der Waals surface area contributed by atoms with Crippen molar-refractivity contribution in [3.8, 4) is 22.5 Å². The molecule has 8 heteroatoms. The van der Waals surface area contributed by atoms with Crippen molar-refractivity contribution in [3.63, 3.8) is 0 Å². The maximum Gasteiger partial charge on any atom is 0.191 e. The van der Waals surface area contributed by atoms with Gasteiger partial charge in [-0.05, 0) is 29.8 Å². The number of pyridine rings is 2. The summed E-state index contributed by atoms with van der Waals surface area (Å²) in [5, 5.41) is 5.58. The van der Waals surface area contributed by atoms with E-state index in [1.807, 2.05) is 37.5 Å². The van der Waals surface area contributed by atoms with E-state index in [9.17, 15) is 4.79 Å². The highest BCUT2D eigenvalue weighted by atomic mass is 35.5. The van der Waals surface area contributed by atoms with Crippen LogP contribution in [0.4, 0.5) is 0 Å². The molecule has 4 heterocycles. The Kier molecular flexibility index (Phi) is 4.49. The number of nitrogens with zero attached hydrogens (tertiary/aromatic N) is 4. The van der Waals surface area contributed by atoms with Crippen LogP contribution in [0.1, 0.15) is 7.43 Å². The molecule has 0 bridgehead atoms. The average molecular weight is 410 g/mol. The number of halogens is 1. The van der Waals surface area contributed by atoms with Gasteiger partial charge in [-0.3, -0.25) is 9.48 Å². The summed E-state index contributed by atoms with van der Waals surface area (Å²) in [5.74, 6) is 0. The average Bonchev–Trinajstić information content (AvgIpc) is 3.30. The highest BCUT2D eigenvalue weighted by Gasteiger charge is 2.17. The lowest BCUT2D eigenvalue weighted by Gasteiger charge is -2.10. The summed E-state index contributed by atoms with van der Waals surface area (Å²) in [7, 11) is 1.85. The molecule has 6 nitrogen and oxygen atoms in total. The van der Waals surface area contributed by atoms with Gasteiger partial charge in [0.2, 0.25) is 0 Å². The van der Waals surface area contributed by atoms with Gasteiger partial charge in [0.25, 0.3) is 0 Å². The van der Waals surface area contributed by atoms with E-state index in [1.54, 1.807) is 16.4 Å². The van der Waals surface area contributed by atoms with Gasteiger partial charge < -0.3 is 4.98 Å². The molecular weight excluding hydrogens is 394 g/mol. The van der Waals surface area contributed by atoms with Crippen molar-refractivity contribution in [1.82, 2.24) is 24.7 Å². The van der Waals surface area contributed by atoms with Crippen molar-refractivity contribution in [3.05, 3.63) is 63.5 Å². The predicted molar refractivity (Wildman–Crippen MR) is 115 cm³/mol. The summed E-state index contributed by atoms with van der Waals surface area (Å²) in [6.07, 6.45) is 3.46. The number of fused-ring (bicyclic) bond motifs is 2. The highest BCUT2D eigenvalue weighted by molar-refractivity contribution is 7.16. The summed E-state index contributed by atoms with van der Waals surface area (Å²) in [6, 6.07) is 9.12. The molecule has 0 spiro atoms. The number of rotatable bonds is 2. The molecule has 4 aromatic heterocycles. The zero-order chi connectivity index (χ0) is 18.5. The number of H-pyrrole nitrogens is 1. The maximum atomic E-state index is 12.3. The largest absolute Gasteiger partial charge is 0.346 e. The predicted octanol–water partition coefficient (Wildman–Crippen LogP) is 4.89. The number of hydrogen-bond donors (Lipinski definition) is 1. The van der Waals surface area contributed by atoms with Gasteiger partial charge in [0, 0.05) is 31.1 Å². The summed E-state index contributed by atoms with van der Waals surface area (Å²) in [4.78, 5) is 24.4. The fraction of sp³-hybridized carbons (Fsp3) is 0.100. The summed E-state index contributed by atoms with van der Waals surface area (Å²) in [5.41, 5.74) is 6.06. The Labute approximate surface area is 169 Å². The molecule has 0 atom stereocenters. The van der Waals surface area contributed by atoms with Gasteiger partial charge >= 0.3 is 0 Å². The number of aromatic nitrogens is 5. The molecule has 0 aliphatic carbocycles. The van der Waals surface area contributed by atoms with Crippen molar-refractivity contribution in [2.75, 3.05) is 0 Å². The third kappa shape index (κ3) is 2.89. The molecule has 0 saturated carbocycles. The maximum absolute atomic E-state index is 12.3. The molecule has 1 N–H and O–H groups in total. The highest BCUT2D eigenvalue weighted by Crippen LogP contribution is 2.36. The van der Waals surface area contributed by atoms with Crippen LogP contribution in [0.3, 0.4) is 0 Å². The van der Waals surface area contributed by atoms with Crippen molar-refractivity contribution in [2.45, 2.75) is 7.43 Å². The van der Waals surface area contributed by atoms with Gasteiger partial charge in [0.05, 0.1) is 26.1 Å². The van der Waals surface area contributed by atoms with Crippen molar-refractivity contribution in [1.29, 1.82) is 0 Å². The van der Waals surface area contributed by atoms with Crippen LogP contribution in [-0.2, 0) is 7.05 Å². The molecular formula is C20H16ClN5OS. The van der Waals surface area contributed by atoms with E-state index in [4.69, 9.17) is 16.6 Å². The quantitative estimate of drug-likeness (QED) is 0.450. The Morgan fingerprint density at radius 2 is 2.07 bits per heavy atom. The van der Waals surface area contributed by atoms with Gasteiger partial charge in [-0.2, -0.15) is 5.10 Å². The fourth-order valence-corrected chi connectivity index (χ4v) is 4.20. The van der Waals surface area contributed by atoms with Gasteiger partial charge in [-0.1, -0.05) is 19.0 Å². The lowest BCUT2D eigenvalue weighted by atomic mass is 10.0. The summed E-state index contributed by atoms with van der Waals surface area (Å²) < 4.78 is 2.70. The number of benzene rings is 1. The minimum atomic E-state index is -0.0879. The van der Waals surface area contributed by atoms with Crippen molar-refractivity contribution in [2.24, 2.45) is 7.05 Å². The Hall–Kier alpha value is -3.03. The zero-order valence-corrected chi connectivity index (χ0v) is 15.7. The van der Waals surface area contributed by atoms with E-state index in [2.05, 4.69) is 15.1 Å². The molecule has 140 valence electrons. The molecule has 0 unspecified atom stereocenters. The number of nitrogens with one attached hydrogen (secondary N) is 1. The van der Waals surface area contributed by atoms with Gasteiger partial charge in [0.15, 0.2) is 5.43 Å². The Morgan fingerprint density at radius 1 is 1.21 bits per heavy atom. The molecule has 1 aromatic carbocycles. The molecule has 5 rings (SSSR count). The standard InChI is InChI=1S/C19H12ClN5OS.CH4/c1-25-5-3-14(24-25)17-11(8-12-15(26)2-4-21-19(12)23-17)10-6-13(20)18-16(7-10)27-9-22-18;/h2-9H,1H3,(H,21,23,26);1H4.